The van der Waals surface area contributed by atoms with Crippen molar-refractivity contribution >= 4 is 43.6 Å². The summed E-state index contributed by atoms with van der Waals surface area (Å²) in [5, 5.41) is 4.54. The number of hydrogen-bond donors (Lipinski definition) is 0. The summed E-state index contributed by atoms with van der Waals surface area (Å²) >= 11 is 0. The number of para-hydroxylation sites is 2. The summed E-state index contributed by atoms with van der Waals surface area (Å²) in [6, 6.07) is 76.0. The minimum absolute atomic E-state index is 0.683. The zero-order chi connectivity index (χ0) is 41.0. The van der Waals surface area contributed by atoms with Crippen molar-refractivity contribution in [1.29, 1.82) is 0 Å². The predicted octanol–water partition coefficient (Wildman–Crippen LogP) is 13.8. The van der Waals surface area contributed by atoms with E-state index in [0.717, 1.165) is 99.8 Å². The molecule has 6 nitrogen and oxygen atoms in total. The molecule has 0 saturated heterocycles. The maximum absolute atomic E-state index is 5.17. The molecule has 8 aromatic carbocycles. The van der Waals surface area contributed by atoms with Gasteiger partial charge in [0.25, 0.3) is 0 Å². The van der Waals surface area contributed by atoms with Gasteiger partial charge in [0, 0.05) is 54.9 Å². The van der Waals surface area contributed by atoms with E-state index in [1.165, 1.54) is 0 Å². The lowest BCUT2D eigenvalue weighted by atomic mass is 10.1. The van der Waals surface area contributed by atoms with Gasteiger partial charge in [0.2, 0.25) is 0 Å². The van der Waals surface area contributed by atoms with Crippen LogP contribution in [0.2, 0.25) is 0 Å². The molecule has 12 aromatic rings. The summed E-state index contributed by atoms with van der Waals surface area (Å²) < 4.78 is 4.71. The smallest absolute Gasteiger partial charge is 0.160 e. The summed E-state index contributed by atoms with van der Waals surface area (Å²) in [7, 11) is 0. The Kier molecular flexibility index (Phi) is 8.38. The lowest BCUT2D eigenvalue weighted by Crippen LogP contribution is -2.08. The first-order valence-corrected chi connectivity index (χ1v) is 20.8. The first-order chi connectivity index (χ1) is 30.7. The molecule has 0 unspecified atom stereocenters. The van der Waals surface area contributed by atoms with Gasteiger partial charge in [-0.05, 0) is 60.7 Å². The standard InChI is InChI=1S/C56H36N6/c1-5-17-37(18-6-1)47-35-48(38-19-7-2-8-20-38)58-55(57-47)41-29-31-53-45(33-41)43-25-13-15-27-51(43)61(53)62-52-28-16-14-26-44(52)46-34-42(30-32-54(46)62)56-59-49(39-21-9-3-10-22-39)36-50(60-56)40-23-11-4-12-24-40/h1-36H. The van der Waals surface area contributed by atoms with Gasteiger partial charge in [-0.15, -0.1) is 0 Å². The highest BCUT2D eigenvalue weighted by Crippen LogP contribution is 2.39. The van der Waals surface area contributed by atoms with E-state index in [9.17, 15) is 0 Å². The first kappa shape index (κ1) is 35.5. The molecule has 0 fully saturated rings. The average molecular weight is 793 g/mol. The Morgan fingerprint density at radius 2 is 0.516 bits per heavy atom. The molecule has 4 heterocycles. The Bertz CT molecular complexity index is 3260. The molecule has 290 valence electrons. The molecule has 0 amide bonds. The molecule has 12 rings (SSSR count). The molecule has 0 aliphatic carbocycles. The highest BCUT2D eigenvalue weighted by atomic mass is 15.5. The van der Waals surface area contributed by atoms with Gasteiger partial charge in [-0.2, -0.15) is 0 Å². The summed E-state index contributed by atoms with van der Waals surface area (Å²) in [6.07, 6.45) is 0. The minimum Gasteiger partial charge on any atom is -0.248 e. The van der Waals surface area contributed by atoms with E-state index in [0.29, 0.717) is 11.6 Å². The van der Waals surface area contributed by atoms with E-state index in [1.807, 2.05) is 24.3 Å². The number of fused-ring (bicyclic) bond motifs is 6. The Morgan fingerprint density at radius 3 is 0.855 bits per heavy atom. The third kappa shape index (κ3) is 6.04. The monoisotopic (exact) mass is 792 g/mol. The zero-order valence-corrected chi connectivity index (χ0v) is 33.5. The Hall–Kier alpha value is -8.48. The molecule has 0 bridgehead atoms. The van der Waals surface area contributed by atoms with Gasteiger partial charge in [-0.25, -0.2) is 29.3 Å². The Labute approximate surface area is 357 Å². The van der Waals surface area contributed by atoms with Crippen LogP contribution in [0.4, 0.5) is 0 Å². The zero-order valence-electron chi connectivity index (χ0n) is 33.5. The molecule has 0 saturated carbocycles. The van der Waals surface area contributed by atoms with Crippen molar-refractivity contribution < 1.29 is 0 Å². The third-order valence-electron chi connectivity index (χ3n) is 11.7. The van der Waals surface area contributed by atoms with Gasteiger partial charge in [0.15, 0.2) is 11.6 Å². The van der Waals surface area contributed by atoms with Crippen LogP contribution < -0.4 is 0 Å². The van der Waals surface area contributed by atoms with Crippen LogP contribution in [0.5, 0.6) is 0 Å². The second-order valence-corrected chi connectivity index (χ2v) is 15.5. The molecule has 6 heteroatoms. The number of aromatic nitrogens is 6. The highest BCUT2D eigenvalue weighted by molar-refractivity contribution is 6.13. The molecule has 4 aromatic heterocycles. The van der Waals surface area contributed by atoms with Crippen LogP contribution in [0.15, 0.2) is 218 Å². The fraction of sp³-hybridized carbons (Fsp3) is 0. The topological polar surface area (TPSA) is 61.4 Å². The fourth-order valence-electron chi connectivity index (χ4n) is 8.79. The molecule has 0 spiro atoms. The van der Waals surface area contributed by atoms with Gasteiger partial charge in [0.1, 0.15) is 0 Å². The van der Waals surface area contributed by atoms with Crippen molar-refractivity contribution in [3.8, 4) is 67.8 Å². The van der Waals surface area contributed by atoms with E-state index in [4.69, 9.17) is 19.9 Å². The second-order valence-electron chi connectivity index (χ2n) is 15.5. The Balaban J connectivity index is 1.04. The van der Waals surface area contributed by atoms with Crippen molar-refractivity contribution in [3.05, 3.63) is 218 Å². The predicted molar refractivity (Wildman–Crippen MR) is 253 cm³/mol. The minimum atomic E-state index is 0.683. The van der Waals surface area contributed by atoms with Crippen molar-refractivity contribution in [3.63, 3.8) is 0 Å². The van der Waals surface area contributed by atoms with Crippen LogP contribution in [-0.2, 0) is 0 Å². The molecule has 0 aliphatic rings. The molecule has 0 radical (unpaired) electrons. The van der Waals surface area contributed by atoms with Crippen LogP contribution in [0.1, 0.15) is 0 Å². The van der Waals surface area contributed by atoms with Crippen molar-refractivity contribution in [2.75, 3.05) is 0 Å². The van der Waals surface area contributed by atoms with Gasteiger partial charge >= 0.3 is 0 Å². The SMILES string of the molecule is c1ccc(-c2cc(-c3ccccc3)nc(-c3ccc4c(c3)c3ccccc3n4-n3c4ccccc4c4cc(-c5nc(-c6ccccc6)cc(-c6ccccc6)n5)ccc43)n2)cc1. The molecule has 62 heavy (non-hydrogen) atoms. The van der Waals surface area contributed by atoms with Crippen LogP contribution in [0, 0.1) is 0 Å². The maximum Gasteiger partial charge on any atom is 0.160 e. The molecular weight excluding hydrogens is 757 g/mol. The fourth-order valence-corrected chi connectivity index (χ4v) is 8.79. The van der Waals surface area contributed by atoms with Gasteiger partial charge < -0.3 is 0 Å². The maximum atomic E-state index is 5.17. The second kappa shape index (κ2) is 14.7. The lowest BCUT2D eigenvalue weighted by Gasteiger charge is -2.14. The Morgan fingerprint density at radius 1 is 0.226 bits per heavy atom. The van der Waals surface area contributed by atoms with Crippen LogP contribution in [0.25, 0.3) is 111 Å². The summed E-state index contributed by atoms with van der Waals surface area (Å²) in [4.78, 5) is 20.7. The van der Waals surface area contributed by atoms with E-state index in [-0.39, 0.29) is 0 Å². The highest BCUT2D eigenvalue weighted by Gasteiger charge is 2.21. The van der Waals surface area contributed by atoms with E-state index in [1.54, 1.807) is 0 Å². The average Bonchev–Trinajstić information content (AvgIpc) is 3.86. The van der Waals surface area contributed by atoms with Gasteiger partial charge in [-0.1, -0.05) is 158 Å². The van der Waals surface area contributed by atoms with Crippen LogP contribution in [0.3, 0.4) is 0 Å². The number of hydrogen-bond acceptors (Lipinski definition) is 4. The van der Waals surface area contributed by atoms with Crippen molar-refractivity contribution in [2.45, 2.75) is 0 Å². The molecule has 0 N–H and O–H groups in total. The quantitative estimate of drug-likeness (QED) is 0.161. The van der Waals surface area contributed by atoms with Gasteiger partial charge in [-0.3, -0.25) is 0 Å². The summed E-state index contributed by atoms with van der Waals surface area (Å²) in [6.45, 7) is 0. The van der Waals surface area contributed by atoms with Gasteiger partial charge in [0.05, 0.1) is 44.8 Å². The number of benzene rings is 8. The normalized spacial score (nSPS) is 11.5. The lowest BCUT2D eigenvalue weighted by molar-refractivity contribution is 0.775. The van der Waals surface area contributed by atoms with Crippen molar-refractivity contribution in [2.24, 2.45) is 0 Å². The summed E-state index contributed by atoms with van der Waals surface area (Å²) in [5.41, 5.74) is 14.0. The third-order valence-corrected chi connectivity index (χ3v) is 11.7. The van der Waals surface area contributed by atoms with E-state index in [2.05, 4.69) is 203 Å². The molecular formula is C56H36N6. The largest absolute Gasteiger partial charge is 0.248 e. The van der Waals surface area contributed by atoms with E-state index >= 15 is 0 Å². The number of rotatable bonds is 7. The van der Waals surface area contributed by atoms with Crippen molar-refractivity contribution in [1.82, 2.24) is 29.3 Å². The summed E-state index contributed by atoms with van der Waals surface area (Å²) in [5.74, 6) is 1.37. The number of nitrogens with zero attached hydrogens (tertiary/aromatic N) is 6. The molecule has 0 atom stereocenters. The first-order valence-electron chi connectivity index (χ1n) is 20.8. The van der Waals surface area contributed by atoms with E-state index < -0.39 is 0 Å². The van der Waals surface area contributed by atoms with Crippen LogP contribution >= 0.6 is 0 Å². The van der Waals surface area contributed by atoms with Crippen LogP contribution in [-0.4, -0.2) is 29.3 Å². The molecule has 0 aliphatic heterocycles.